The third-order valence-corrected chi connectivity index (χ3v) is 6.88. The molecule has 158 valence electrons. The van der Waals surface area contributed by atoms with E-state index in [0.717, 1.165) is 63.0 Å². The van der Waals surface area contributed by atoms with Gasteiger partial charge < -0.3 is 14.6 Å². The maximum absolute atomic E-state index is 6.51. The van der Waals surface area contributed by atoms with Crippen LogP contribution in [0.5, 0.6) is 5.75 Å². The molecule has 2 aliphatic heterocycles. The first kappa shape index (κ1) is 19.9. The van der Waals surface area contributed by atoms with E-state index in [-0.39, 0.29) is 0 Å². The van der Waals surface area contributed by atoms with E-state index in [1.807, 2.05) is 12.1 Å². The van der Waals surface area contributed by atoms with Crippen LogP contribution in [0.1, 0.15) is 42.6 Å². The van der Waals surface area contributed by atoms with Crippen molar-refractivity contribution in [2.75, 3.05) is 33.3 Å². The fourth-order valence-corrected chi connectivity index (χ4v) is 5.23. The van der Waals surface area contributed by atoms with Crippen LogP contribution in [-0.4, -0.2) is 47.7 Å². The Bertz CT molecular complexity index is 1000. The molecule has 1 unspecified atom stereocenters. The van der Waals surface area contributed by atoms with Crippen molar-refractivity contribution in [1.82, 2.24) is 19.8 Å². The van der Waals surface area contributed by atoms with Crippen molar-refractivity contribution < 1.29 is 4.74 Å². The summed E-state index contributed by atoms with van der Waals surface area (Å²) in [5.41, 5.74) is 3.52. The Morgan fingerprint density at radius 1 is 1.13 bits per heavy atom. The number of rotatable bonds is 5. The zero-order valence-corrected chi connectivity index (χ0v) is 18.2. The lowest BCUT2D eigenvalue weighted by Crippen LogP contribution is -2.34. The summed E-state index contributed by atoms with van der Waals surface area (Å²) in [6.07, 6.45) is 3.41. The smallest absolute Gasteiger partial charge is 0.139 e. The molecule has 2 fully saturated rings. The molecule has 0 radical (unpaired) electrons. The fraction of sp³-hybridized carbons (Fsp3) is 0.458. The molecular formula is C24H29ClN4O. The van der Waals surface area contributed by atoms with Crippen molar-refractivity contribution in [3.8, 4) is 5.75 Å². The zero-order chi connectivity index (χ0) is 20.5. The molecule has 5 rings (SSSR count). The number of fused-ring (bicyclic) bond motifs is 1. The molecule has 2 saturated heterocycles. The minimum Gasteiger partial charge on any atom is -0.495 e. The molecule has 1 N–H and O–H groups in total. The number of imidazole rings is 1. The zero-order valence-electron chi connectivity index (χ0n) is 17.5. The van der Waals surface area contributed by atoms with Crippen LogP contribution < -0.4 is 10.1 Å². The molecule has 6 heteroatoms. The second-order valence-corrected chi connectivity index (χ2v) is 8.91. The maximum atomic E-state index is 6.51. The summed E-state index contributed by atoms with van der Waals surface area (Å²) >= 11 is 6.51. The van der Waals surface area contributed by atoms with E-state index in [1.54, 1.807) is 7.11 Å². The van der Waals surface area contributed by atoms with Crippen molar-refractivity contribution in [2.45, 2.75) is 37.8 Å². The highest BCUT2D eigenvalue weighted by Gasteiger charge is 2.29. The van der Waals surface area contributed by atoms with Crippen LogP contribution in [-0.2, 0) is 6.54 Å². The number of piperidine rings is 1. The number of ether oxygens (including phenoxy) is 1. The number of methoxy groups -OCH3 is 1. The van der Waals surface area contributed by atoms with Crippen LogP contribution in [0.25, 0.3) is 11.0 Å². The fourth-order valence-electron chi connectivity index (χ4n) is 5.00. The van der Waals surface area contributed by atoms with E-state index in [4.69, 9.17) is 21.3 Å². The van der Waals surface area contributed by atoms with Gasteiger partial charge in [0.2, 0.25) is 0 Å². The van der Waals surface area contributed by atoms with Gasteiger partial charge in [0.05, 0.1) is 23.2 Å². The number of benzene rings is 2. The van der Waals surface area contributed by atoms with Gasteiger partial charge >= 0.3 is 0 Å². The second kappa shape index (κ2) is 8.58. The van der Waals surface area contributed by atoms with Crippen molar-refractivity contribution in [3.63, 3.8) is 0 Å². The summed E-state index contributed by atoms with van der Waals surface area (Å²) in [6.45, 7) is 5.30. The molecule has 5 nitrogen and oxygen atoms in total. The van der Waals surface area contributed by atoms with Crippen LogP contribution in [0, 0.1) is 0 Å². The lowest BCUT2D eigenvalue weighted by Gasteiger charge is -2.34. The third-order valence-electron chi connectivity index (χ3n) is 6.59. The first-order valence-electron chi connectivity index (χ1n) is 11.0. The van der Waals surface area contributed by atoms with Gasteiger partial charge in [0, 0.05) is 44.2 Å². The molecule has 0 amide bonds. The van der Waals surface area contributed by atoms with E-state index in [1.165, 1.54) is 11.4 Å². The van der Waals surface area contributed by atoms with Crippen LogP contribution >= 0.6 is 11.6 Å². The van der Waals surface area contributed by atoms with Gasteiger partial charge in [0.15, 0.2) is 0 Å². The van der Waals surface area contributed by atoms with Crippen LogP contribution in [0.3, 0.4) is 0 Å². The van der Waals surface area contributed by atoms with Crippen LogP contribution in [0.15, 0.2) is 42.5 Å². The van der Waals surface area contributed by atoms with E-state index < -0.39 is 0 Å². The lowest BCUT2D eigenvalue weighted by atomic mass is 10.0. The topological polar surface area (TPSA) is 42.3 Å². The van der Waals surface area contributed by atoms with E-state index >= 15 is 0 Å². The number of likely N-dealkylation sites (tertiary alicyclic amines) is 1. The third kappa shape index (κ3) is 3.82. The molecule has 2 aromatic carbocycles. The van der Waals surface area contributed by atoms with E-state index in [2.05, 4.69) is 45.1 Å². The minimum absolute atomic E-state index is 0.460. The summed E-state index contributed by atoms with van der Waals surface area (Å²) in [5, 5.41) is 4.16. The average molecular weight is 425 g/mol. The van der Waals surface area contributed by atoms with E-state index in [0.29, 0.717) is 22.7 Å². The molecule has 1 atom stereocenters. The predicted molar refractivity (Wildman–Crippen MR) is 122 cm³/mol. The maximum Gasteiger partial charge on any atom is 0.139 e. The first-order chi connectivity index (χ1) is 14.7. The average Bonchev–Trinajstić information content (AvgIpc) is 3.42. The number of hydrogen-bond acceptors (Lipinski definition) is 4. The number of nitrogens with zero attached hydrogens (tertiary/aromatic N) is 3. The van der Waals surface area contributed by atoms with Gasteiger partial charge in [-0.25, -0.2) is 4.98 Å². The van der Waals surface area contributed by atoms with Crippen molar-refractivity contribution in [2.24, 2.45) is 0 Å². The van der Waals surface area contributed by atoms with Gasteiger partial charge in [-0.15, -0.1) is 0 Å². The van der Waals surface area contributed by atoms with Crippen LogP contribution in [0.2, 0.25) is 5.02 Å². The summed E-state index contributed by atoms with van der Waals surface area (Å²) < 4.78 is 7.94. The van der Waals surface area contributed by atoms with E-state index in [9.17, 15) is 0 Å². The van der Waals surface area contributed by atoms with Gasteiger partial charge in [-0.05, 0) is 37.4 Å². The van der Waals surface area contributed by atoms with Crippen molar-refractivity contribution in [1.29, 1.82) is 0 Å². The Labute approximate surface area is 183 Å². The lowest BCUT2D eigenvalue weighted by molar-refractivity contribution is 0.179. The summed E-state index contributed by atoms with van der Waals surface area (Å²) in [6, 6.07) is 15.3. The highest BCUT2D eigenvalue weighted by Crippen LogP contribution is 2.37. The standard InChI is InChI=1S/C24H29ClN4O/c1-30-23-14-21-22(13-20(23)25)29(24(27-21)18-7-10-26-15-18)19-8-11-28(12-9-19)16-17-5-3-2-4-6-17/h2-6,13-14,18-19,26H,7-12,15-16H2,1H3. The Morgan fingerprint density at radius 2 is 1.93 bits per heavy atom. The Kier molecular flexibility index (Phi) is 5.68. The largest absolute Gasteiger partial charge is 0.495 e. The Balaban J connectivity index is 1.43. The molecule has 2 aliphatic rings. The highest BCUT2D eigenvalue weighted by molar-refractivity contribution is 6.32. The van der Waals surface area contributed by atoms with Gasteiger partial charge in [-0.1, -0.05) is 41.9 Å². The number of hydrogen-bond donors (Lipinski definition) is 1. The molecule has 0 saturated carbocycles. The summed E-state index contributed by atoms with van der Waals surface area (Å²) in [4.78, 5) is 7.64. The van der Waals surface area contributed by atoms with Gasteiger partial charge in [-0.3, -0.25) is 4.90 Å². The van der Waals surface area contributed by atoms with Crippen molar-refractivity contribution >= 4 is 22.6 Å². The summed E-state index contributed by atoms with van der Waals surface area (Å²) in [5.74, 6) is 2.37. The molecule has 0 aliphatic carbocycles. The van der Waals surface area contributed by atoms with Crippen LogP contribution in [0.4, 0.5) is 0 Å². The SMILES string of the molecule is COc1cc2nc(C3CCNC3)n(C3CCN(Cc4ccccc4)CC3)c2cc1Cl. The predicted octanol–water partition coefficient (Wildman–Crippen LogP) is 4.61. The van der Waals surface area contributed by atoms with Gasteiger partial charge in [0.25, 0.3) is 0 Å². The molecule has 0 bridgehead atoms. The monoisotopic (exact) mass is 424 g/mol. The Hall–Kier alpha value is -2.08. The number of aromatic nitrogens is 2. The molecule has 3 heterocycles. The quantitative estimate of drug-likeness (QED) is 0.649. The molecule has 30 heavy (non-hydrogen) atoms. The molecular weight excluding hydrogens is 396 g/mol. The first-order valence-corrected chi connectivity index (χ1v) is 11.3. The second-order valence-electron chi connectivity index (χ2n) is 8.50. The molecule has 1 aromatic heterocycles. The number of halogens is 1. The van der Waals surface area contributed by atoms with Gasteiger partial charge in [0.1, 0.15) is 11.6 Å². The van der Waals surface area contributed by atoms with Gasteiger partial charge in [-0.2, -0.15) is 0 Å². The summed E-state index contributed by atoms with van der Waals surface area (Å²) in [7, 11) is 1.66. The number of nitrogens with one attached hydrogen (secondary N) is 1. The normalized spacial score (nSPS) is 20.8. The Morgan fingerprint density at radius 3 is 2.63 bits per heavy atom. The molecule has 0 spiro atoms. The minimum atomic E-state index is 0.460. The highest BCUT2D eigenvalue weighted by atomic mass is 35.5. The van der Waals surface area contributed by atoms with Crippen molar-refractivity contribution in [3.05, 3.63) is 58.9 Å². The molecule has 3 aromatic rings.